The molecule has 0 aromatic heterocycles. The summed E-state index contributed by atoms with van der Waals surface area (Å²) in [6.45, 7) is -0.540. The van der Waals surface area contributed by atoms with Gasteiger partial charge in [-0.25, -0.2) is 0 Å². The second-order valence-electron chi connectivity index (χ2n) is 5.92. The van der Waals surface area contributed by atoms with Crippen molar-refractivity contribution in [3.63, 3.8) is 0 Å². The number of aromatic hydroxyl groups is 1. The van der Waals surface area contributed by atoms with Gasteiger partial charge in [-0.1, -0.05) is 29.3 Å². The molecule has 1 aliphatic heterocycles. The predicted octanol–water partition coefficient (Wildman–Crippen LogP) is 3.72. The van der Waals surface area contributed by atoms with Crippen LogP contribution in [0.2, 0.25) is 10.0 Å². The summed E-state index contributed by atoms with van der Waals surface area (Å²) < 4.78 is 0. The third-order valence-corrected chi connectivity index (χ3v) is 5.60. The molecule has 10 heteroatoms. The number of phenols is 1. The number of imide groups is 1. The smallest absolute Gasteiger partial charge is 0.293 e. The van der Waals surface area contributed by atoms with E-state index in [9.17, 15) is 24.3 Å². The summed E-state index contributed by atoms with van der Waals surface area (Å²) in [5.74, 6) is -2.56. The molecule has 3 N–H and O–H groups in total. The fourth-order valence-corrected chi connectivity index (χ4v) is 3.88. The summed E-state index contributed by atoms with van der Waals surface area (Å²) in [7, 11) is 0. The van der Waals surface area contributed by atoms with Crippen LogP contribution < -0.4 is 5.73 Å². The molecule has 2 aromatic carbocycles. The summed E-state index contributed by atoms with van der Waals surface area (Å²) in [6, 6.07) is 8.34. The molecule has 1 fully saturated rings. The van der Waals surface area contributed by atoms with Crippen LogP contribution in [0.4, 0.5) is 4.79 Å². The van der Waals surface area contributed by atoms with Crippen LogP contribution in [0.25, 0.3) is 6.08 Å². The standard InChI is InChI=1S/C19H12Cl2N2O5S/c20-12-2-1-3-13(21)10(12)7-16-18(27)23(19(28)29-16)8-15(25)9-4-5-14(24)11(6-9)17(22)26/h1-7,24H,8H2,(H2,22,26)/b16-7-. The number of carbonyl (C=O) groups excluding carboxylic acids is 4. The molecule has 2 aromatic rings. The van der Waals surface area contributed by atoms with Crippen molar-refractivity contribution in [2.75, 3.05) is 6.54 Å². The maximum Gasteiger partial charge on any atom is 0.293 e. The third-order valence-electron chi connectivity index (χ3n) is 4.03. The highest BCUT2D eigenvalue weighted by atomic mass is 35.5. The number of primary amides is 1. The number of amides is 3. The molecule has 1 saturated heterocycles. The molecule has 1 aliphatic rings. The number of benzene rings is 2. The van der Waals surface area contributed by atoms with Crippen LogP contribution in [0.15, 0.2) is 41.3 Å². The lowest BCUT2D eigenvalue weighted by molar-refractivity contribution is -0.122. The van der Waals surface area contributed by atoms with Gasteiger partial charge in [-0.05, 0) is 48.2 Å². The Bertz CT molecular complexity index is 1080. The second-order valence-corrected chi connectivity index (χ2v) is 7.73. The van der Waals surface area contributed by atoms with E-state index in [0.29, 0.717) is 27.4 Å². The maximum atomic E-state index is 12.6. The van der Waals surface area contributed by atoms with E-state index < -0.39 is 29.4 Å². The van der Waals surface area contributed by atoms with Gasteiger partial charge in [-0.2, -0.15) is 0 Å². The van der Waals surface area contributed by atoms with Gasteiger partial charge < -0.3 is 10.8 Å². The average Bonchev–Trinajstić information content (AvgIpc) is 2.92. The molecule has 3 rings (SSSR count). The van der Waals surface area contributed by atoms with Gasteiger partial charge in [0.25, 0.3) is 17.1 Å². The zero-order valence-electron chi connectivity index (χ0n) is 14.5. The number of rotatable bonds is 5. The molecular weight excluding hydrogens is 439 g/mol. The van der Waals surface area contributed by atoms with Crippen molar-refractivity contribution < 1.29 is 24.3 Å². The Labute approximate surface area is 179 Å². The van der Waals surface area contributed by atoms with E-state index in [2.05, 4.69) is 0 Å². The molecule has 3 amide bonds. The Balaban J connectivity index is 1.84. The minimum absolute atomic E-state index is 0.0220. The van der Waals surface area contributed by atoms with Crippen LogP contribution in [0.1, 0.15) is 26.3 Å². The number of hydrogen-bond donors (Lipinski definition) is 2. The lowest BCUT2D eigenvalue weighted by Gasteiger charge is -2.12. The van der Waals surface area contributed by atoms with Crippen molar-refractivity contribution in [2.45, 2.75) is 0 Å². The number of nitrogens with two attached hydrogens (primary N) is 1. The summed E-state index contributed by atoms with van der Waals surface area (Å²) >= 11 is 12.8. The first-order valence-corrected chi connectivity index (χ1v) is 9.61. The van der Waals surface area contributed by atoms with E-state index in [4.69, 9.17) is 28.9 Å². The number of nitrogens with zero attached hydrogens (tertiary/aromatic N) is 1. The summed E-state index contributed by atoms with van der Waals surface area (Å²) in [6.07, 6.45) is 1.39. The van der Waals surface area contributed by atoms with Crippen LogP contribution in [-0.4, -0.2) is 39.4 Å². The highest BCUT2D eigenvalue weighted by molar-refractivity contribution is 8.18. The third kappa shape index (κ3) is 4.29. The van der Waals surface area contributed by atoms with Crippen LogP contribution in [-0.2, 0) is 4.79 Å². The highest BCUT2D eigenvalue weighted by Gasteiger charge is 2.36. The van der Waals surface area contributed by atoms with E-state index in [1.165, 1.54) is 12.1 Å². The van der Waals surface area contributed by atoms with Crippen molar-refractivity contribution in [3.8, 4) is 5.75 Å². The second kappa shape index (κ2) is 8.28. The number of carbonyl (C=O) groups is 4. The van der Waals surface area contributed by atoms with Crippen molar-refractivity contribution >= 4 is 63.9 Å². The normalized spacial score (nSPS) is 15.2. The van der Waals surface area contributed by atoms with Crippen LogP contribution in [0.5, 0.6) is 5.75 Å². The summed E-state index contributed by atoms with van der Waals surface area (Å²) in [5, 5.41) is 9.60. The van der Waals surface area contributed by atoms with Crippen LogP contribution >= 0.6 is 35.0 Å². The molecule has 0 aliphatic carbocycles. The Kier molecular flexibility index (Phi) is 5.97. The molecule has 148 valence electrons. The van der Waals surface area contributed by atoms with Gasteiger partial charge in [0.05, 0.1) is 17.0 Å². The number of halogens is 2. The van der Waals surface area contributed by atoms with Gasteiger partial charge in [0.1, 0.15) is 5.75 Å². The van der Waals surface area contributed by atoms with E-state index in [1.807, 2.05) is 0 Å². The molecule has 0 bridgehead atoms. The minimum Gasteiger partial charge on any atom is -0.507 e. The minimum atomic E-state index is -0.914. The van der Waals surface area contributed by atoms with Gasteiger partial charge in [0.2, 0.25) is 0 Å². The van der Waals surface area contributed by atoms with E-state index in [0.717, 1.165) is 17.0 Å². The SMILES string of the molecule is NC(=O)c1cc(C(=O)CN2C(=O)S/C(=C\c3c(Cl)cccc3Cl)C2=O)ccc1O. The lowest BCUT2D eigenvalue weighted by Crippen LogP contribution is -2.33. The zero-order valence-corrected chi connectivity index (χ0v) is 16.8. The van der Waals surface area contributed by atoms with Gasteiger partial charge in [0, 0.05) is 21.2 Å². The first kappa shape index (κ1) is 20.9. The van der Waals surface area contributed by atoms with E-state index >= 15 is 0 Å². The number of thioether (sulfide) groups is 1. The molecule has 7 nitrogen and oxygen atoms in total. The highest BCUT2D eigenvalue weighted by Crippen LogP contribution is 2.35. The Morgan fingerprint density at radius 2 is 1.79 bits per heavy atom. The maximum absolute atomic E-state index is 12.6. The zero-order chi connectivity index (χ0) is 21.3. The number of hydrogen-bond acceptors (Lipinski definition) is 6. The fraction of sp³-hybridized carbons (Fsp3) is 0.0526. The summed E-state index contributed by atoms with van der Waals surface area (Å²) in [4.78, 5) is 49.5. The van der Waals surface area contributed by atoms with Crippen LogP contribution in [0, 0.1) is 0 Å². The van der Waals surface area contributed by atoms with Crippen molar-refractivity contribution in [1.82, 2.24) is 4.90 Å². The van der Waals surface area contributed by atoms with Gasteiger partial charge >= 0.3 is 0 Å². The van der Waals surface area contributed by atoms with Crippen LogP contribution in [0.3, 0.4) is 0 Å². The van der Waals surface area contributed by atoms with E-state index in [1.54, 1.807) is 18.2 Å². The fourth-order valence-electron chi connectivity index (χ4n) is 2.56. The largest absolute Gasteiger partial charge is 0.507 e. The number of ketones is 1. The van der Waals surface area contributed by atoms with Crippen molar-refractivity contribution in [2.24, 2.45) is 5.73 Å². The lowest BCUT2D eigenvalue weighted by atomic mass is 10.1. The quantitative estimate of drug-likeness (QED) is 0.529. The van der Waals surface area contributed by atoms with Gasteiger partial charge in [0.15, 0.2) is 5.78 Å². The monoisotopic (exact) mass is 450 g/mol. The summed E-state index contributed by atoms with van der Waals surface area (Å²) in [5.41, 5.74) is 5.32. The predicted molar refractivity (Wildman–Crippen MR) is 110 cm³/mol. The van der Waals surface area contributed by atoms with Gasteiger partial charge in [-0.3, -0.25) is 24.1 Å². The molecular formula is C19H12Cl2N2O5S. The molecule has 1 heterocycles. The Morgan fingerprint density at radius 3 is 2.41 bits per heavy atom. The van der Waals surface area contributed by atoms with Gasteiger partial charge in [-0.15, -0.1) is 0 Å². The Morgan fingerprint density at radius 1 is 1.14 bits per heavy atom. The molecule has 29 heavy (non-hydrogen) atoms. The van der Waals surface area contributed by atoms with E-state index in [-0.39, 0.29) is 21.8 Å². The first-order chi connectivity index (χ1) is 13.7. The molecule has 0 radical (unpaired) electrons. The molecule has 0 saturated carbocycles. The molecule has 0 atom stereocenters. The first-order valence-electron chi connectivity index (χ1n) is 8.04. The van der Waals surface area contributed by atoms with Crippen molar-refractivity contribution in [3.05, 3.63) is 68.0 Å². The molecule has 0 spiro atoms. The molecule has 0 unspecified atom stereocenters. The Hall–Kier alpha value is -2.81. The average molecular weight is 451 g/mol. The number of Topliss-reactive ketones (excluding diaryl/α,β-unsaturated/α-hetero) is 1. The topological polar surface area (TPSA) is 118 Å². The van der Waals surface area contributed by atoms with Crippen molar-refractivity contribution in [1.29, 1.82) is 0 Å².